The van der Waals surface area contributed by atoms with Gasteiger partial charge in [0.15, 0.2) is 0 Å². The topological polar surface area (TPSA) is 75.1 Å². The number of halogens is 6. The molecule has 1 saturated carbocycles. The van der Waals surface area contributed by atoms with Gasteiger partial charge in [0.2, 0.25) is 5.88 Å². The fourth-order valence-electron chi connectivity index (χ4n) is 3.71. The summed E-state index contributed by atoms with van der Waals surface area (Å²) in [7, 11) is 0. The van der Waals surface area contributed by atoms with Gasteiger partial charge in [-0.3, -0.25) is 10.2 Å². The van der Waals surface area contributed by atoms with Crippen molar-refractivity contribution in [2.45, 2.75) is 51.0 Å². The number of hydrogen-bond donors (Lipinski definition) is 2. The maximum Gasteiger partial charge on any atom is 0.433 e. The number of benzene rings is 1. The van der Waals surface area contributed by atoms with Crippen LogP contribution >= 0.6 is 0 Å². The number of allylic oxidation sites excluding steroid dienone is 2. The van der Waals surface area contributed by atoms with Gasteiger partial charge in [0.05, 0.1) is 11.1 Å². The standard InChI is InChI=1S/C25H23F6N3O2/c1-2-20(22(32)25(29,30)31)23(35)34-18-9-6-15(7-10-18)12-16-4-3-5-19(13-16)36-21-11-8-17(14-33-21)24(26,27)28/h2-5,8,11-14,18,32H,6-7,9-10H2,1H3,(H,34,35)/b15-12?,20-2+,32-22?. The number of nitrogens with one attached hydrogen (secondary N) is 2. The third kappa shape index (κ3) is 7.19. The molecule has 2 aromatic rings. The van der Waals surface area contributed by atoms with E-state index in [0.29, 0.717) is 37.6 Å². The first-order valence-corrected chi connectivity index (χ1v) is 11.0. The van der Waals surface area contributed by atoms with Crippen LogP contribution in [0.1, 0.15) is 43.7 Å². The van der Waals surface area contributed by atoms with Gasteiger partial charge in [-0.05, 0) is 56.4 Å². The van der Waals surface area contributed by atoms with Gasteiger partial charge in [-0.1, -0.05) is 29.9 Å². The van der Waals surface area contributed by atoms with Crippen LogP contribution in [0.2, 0.25) is 0 Å². The normalized spacial score (nSPS) is 16.9. The number of ether oxygens (including phenoxy) is 1. The molecule has 1 aliphatic carbocycles. The number of pyridine rings is 1. The van der Waals surface area contributed by atoms with E-state index in [0.717, 1.165) is 29.3 Å². The number of alkyl halides is 6. The second kappa shape index (κ2) is 11.0. The van der Waals surface area contributed by atoms with Crippen molar-refractivity contribution in [3.8, 4) is 11.6 Å². The molecule has 0 unspecified atom stereocenters. The molecule has 1 aliphatic rings. The molecule has 0 aliphatic heterocycles. The van der Waals surface area contributed by atoms with Crippen LogP contribution < -0.4 is 10.1 Å². The summed E-state index contributed by atoms with van der Waals surface area (Å²) in [6.45, 7) is 1.28. The van der Waals surface area contributed by atoms with Crippen molar-refractivity contribution in [1.29, 1.82) is 5.41 Å². The number of aromatic nitrogens is 1. The lowest BCUT2D eigenvalue weighted by atomic mass is 9.89. The third-order valence-electron chi connectivity index (χ3n) is 5.56. The van der Waals surface area contributed by atoms with Gasteiger partial charge in [-0.2, -0.15) is 26.3 Å². The van der Waals surface area contributed by atoms with Gasteiger partial charge in [0.25, 0.3) is 5.91 Å². The molecule has 1 amide bonds. The molecule has 3 rings (SSSR count). The summed E-state index contributed by atoms with van der Waals surface area (Å²) in [6.07, 6.45) is -3.50. The van der Waals surface area contributed by atoms with Crippen molar-refractivity contribution in [2.24, 2.45) is 0 Å². The Balaban J connectivity index is 1.58. The zero-order chi connectivity index (χ0) is 26.5. The van der Waals surface area contributed by atoms with Crippen molar-refractivity contribution in [2.75, 3.05) is 0 Å². The molecule has 1 fully saturated rings. The number of carbonyl (C=O) groups is 1. The largest absolute Gasteiger partial charge is 0.439 e. The van der Waals surface area contributed by atoms with E-state index in [1.807, 2.05) is 12.1 Å². The molecule has 11 heteroatoms. The van der Waals surface area contributed by atoms with Gasteiger partial charge >= 0.3 is 12.4 Å². The number of carbonyl (C=O) groups excluding carboxylic acids is 1. The minimum Gasteiger partial charge on any atom is -0.439 e. The van der Waals surface area contributed by atoms with E-state index >= 15 is 0 Å². The summed E-state index contributed by atoms with van der Waals surface area (Å²) in [5, 5.41) is 9.79. The Labute approximate surface area is 203 Å². The second-order valence-corrected chi connectivity index (χ2v) is 8.18. The third-order valence-corrected chi connectivity index (χ3v) is 5.56. The van der Waals surface area contributed by atoms with Gasteiger partial charge in [-0.15, -0.1) is 0 Å². The summed E-state index contributed by atoms with van der Waals surface area (Å²) < 4.78 is 81.9. The predicted molar refractivity (Wildman–Crippen MR) is 122 cm³/mol. The molecule has 0 bridgehead atoms. The Hall–Kier alpha value is -3.63. The van der Waals surface area contributed by atoms with Gasteiger partial charge < -0.3 is 10.1 Å². The Morgan fingerprint density at radius 1 is 1.11 bits per heavy atom. The van der Waals surface area contributed by atoms with E-state index in [-0.39, 0.29) is 11.9 Å². The Morgan fingerprint density at radius 3 is 2.36 bits per heavy atom. The first-order valence-electron chi connectivity index (χ1n) is 11.0. The highest BCUT2D eigenvalue weighted by molar-refractivity contribution is 6.22. The van der Waals surface area contributed by atoms with Crippen LogP contribution in [0.4, 0.5) is 26.3 Å². The van der Waals surface area contributed by atoms with Crippen LogP contribution in [-0.2, 0) is 11.0 Å². The first-order chi connectivity index (χ1) is 16.9. The van der Waals surface area contributed by atoms with E-state index in [1.54, 1.807) is 18.2 Å². The minimum absolute atomic E-state index is 0.0168. The van der Waals surface area contributed by atoms with Crippen molar-refractivity contribution in [3.05, 3.63) is 70.9 Å². The van der Waals surface area contributed by atoms with Gasteiger partial charge in [0, 0.05) is 18.3 Å². The highest BCUT2D eigenvalue weighted by Gasteiger charge is 2.39. The van der Waals surface area contributed by atoms with Crippen LogP contribution in [0.25, 0.3) is 6.08 Å². The lowest BCUT2D eigenvalue weighted by Crippen LogP contribution is -2.40. The summed E-state index contributed by atoms with van der Waals surface area (Å²) in [5.41, 5.74) is -1.39. The maximum absolute atomic E-state index is 12.8. The van der Waals surface area contributed by atoms with Gasteiger partial charge in [0.1, 0.15) is 11.5 Å². The molecule has 2 N–H and O–H groups in total. The number of amides is 1. The monoisotopic (exact) mass is 511 g/mol. The van der Waals surface area contributed by atoms with E-state index in [1.165, 1.54) is 6.92 Å². The predicted octanol–water partition coefficient (Wildman–Crippen LogP) is 6.86. The SMILES string of the molecule is C/C=C(\C(=N)C(F)(F)F)C(=O)NC1CCC(=Cc2cccc(Oc3ccc(C(F)(F)F)cn3)c2)CC1. The minimum atomic E-state index is -4.90. The van der Waals surface area contributed by atoms with Crippen LogP contribution in [0, 0.1) is 5.41 Å². The zero-order valence-electron chi connectivity index (χ0n) is 19.1. The molecular formula is C25H23F6N3O2. The molecule has 0 radical (unpaired) electrons. The Kier molecular flexibility index (Phi) is 8.21. The van der Waals surface area contributed by atoms with Gasteiger partial charge in [-0.25, -0.2) is 4.98 Å². The van der Waals surface area contributed by atoms with Crippen LogP contribution in [0.5, 0.6) is 11.6 Å². The van der Waals surface area contributed by atoms with E-state index < -0.39 is 35.1 Å². The molecular weight excluding hydrogens is 488 g/mol. The highest BCUT2D eigenvalue weighted by Crippen LogP contribution is 2.31. The quantitative estimate of drug-likeness (QED) is 0.253. The molecule has 1 aromatic heterocycles. The lowest BCUT2D eigenvalue weighted by molar-refractivity contribution is -0.137. The summed E-state index contributed by atoms with van der Waals surface area (Å²) in [6, 6.07) is 8.62. The summed E-state index contributed by atoms with van der Waals surface area (Å²) in [5.74, 6) is -0.509. The smallest absolute Gasteiger partial charge is 0.433 e. The van der Waals surface area contributed by atoms with Crippen LogP contribution in [0.15, 0.2) is 59.8 Å². The summed E-state index contributed by atoms with van der Waals surface area (Å²) >= 11 is 0. The number of hydrogen-bond acceptors (Lipinski definition) is 4. The first kappa shape index (κ1) is 27.0. The van der Waals surface area contributed by atoms with Crippen molar-refractivity contribution in [1.82, 2.24) is 10.3 Å². The van der Waals surface area contributed by atoms with E-state index in [4.69, 9.17) is 10.1 Å². The Bertz CT molecular complexity index is 1160. The molecule has 0 saturated heterocycles. The molecule has 192 valence electrons. The van der Waals surface area contributed by atoms with Crippen LogP contribution in [0.3, 0.4) is 0 Å². The number of nitrogens with zero attached hydrogens (tertiary/aromatic N) is 1. The second-order valence-electron chi connectivity index (χ2n) is 8.18. The summed E-state index contributed by atoms with van der Waals surface area (Å²) in [4.78, 5) is 15.9. The Morgan fingerprint density at radius 2 is 1.81 bits per heavy atom. The zero-order valence-corrected chi connectivity index (χ0v) is 19.1. The fourth-order valence-corrected chi connectivity index (χ4v) is 3.71. The van der Waals surface area contributed by atoms with E-state index in [9.17, 15) is 31.1 Å². The molecule has 0 atom stereocenters. The molecule has 36 heavy (non-hydrogen) atoms. The average Bonchev–Trinajstić information content (AvgIpc) is 2.80. The maximum atomic E-state index is 12.8. The van der Waals surface area contributed by atoms with Crippen molar-refractivity contribution < 1.29 is 35.9 Å². The fraction of sp³-hybridized carbons (Fsp3) is 0.320. The van der Waals surface area contributed by atoms with Crippen molar-refractivity contribution >= 4 is 17.7 Å². The lowest BCUT2D eigenvalue weighted by Gasteiger charge is -2.25. The molecule has 5 nitrogen and oxygen atoms in total. The molecule has 1 aromatic carbocycles. The molecule has 0 spiro atoms. The highest BCUT2D eigenvalue weighted by atomic mass is 19.4. The molecule has 1 heterocycles. The number of rotatable bonds is 6. The van der Waals surface area contributed by atoms with E-state index in [2.05, 4.69) is 10.3 Å². The van der Waals surface area contributed by atoms with Crippen LogP contribution in [-0.4, -0.2) is 28.8 Å². The average molecular weight is 511 g/mol. The van der Waals surface area contributed by atoms with Crippen molar-refractivity contribution in [3.63, 3.8) is 0 Å².